The molecule has 3 aromatic rings. The SMILES string of the molecule is Nc1nc(N2CCC(c3nc(-c4ccccc4)no3)CC2)ncc1[N+](=O)[O-]. The highest BCUT2D eigenvalue weighted by Gasteiger charge is 2.27. The first kappa shape index (κ1) is 16.9. The van der Waals surface area contributed by atoms with Crippen molar-refractivity contribution in [1.82, 2.24) is 20.1 Å². The van der Waals surface area contributed by atoms with Crippen LogP contribution in [0.1, 0.15) is 24.7 Å². The number of hydrogen-bond acceptors (Lipinski definition) is 9. The number of piperidine rings is 1. The quantitative estimate of drug-likeness (QED) is 0.544. The van der Waals surface area contributed by atoms with E-state index in [0.717, 1.165) is 24.6 Å². The lowest BCUT2D eigenvalue weighted by Crippen LogP contribution is -2.34. The first-order valence-electron chi connectivity index (χ1n) is 8.52. The van der Waals surface area contributed by atoms with Crippen molar-refractivity contribution in [2.45, 2.75) is 18.8 Å². The van der Waals surface area contributed by atoms with Crippen LogP contribution in [0.2, 0.25) is 0 Å². The van der Waals surface area contributed by atoms with E-state index in [1.165, 1.54) is 0 Å². The molecule has 10 heteroatoms. The lowest BCUT2D eigenvalue weighted by molar-refractivity contribution is -0.384. The van der Waals surface area contributed by atoms with Crippen molar-refractivity contribution in [2.75, 3.05) is 23.7 Å². The molecule has 0 unspecified atom stereocenters. The van der Waals surface area contributed by atoms with Crippen LogP contribution in [-0.4, -0.2) is 38.1 Å². The van der Waals surface area contributed by atoms with E-state index in [-0.39, 0.29) is 17.4 Å². The molecule has 3 heterocycles. The Morgan fingerprint density at radius 1 is 1.19 bits per heavy atom. The van der Waals surface area contributed by atoms with E-state index in [1.54, 1.807) is 0 Å². The molecule has 2 aromatic heterocycles. The van der Waals surface area contributed by atoms with Crippen molar-refractivity contribution in [1.29, 1.82) is 0 Å². The molecule has 0 saturated carbocycles. The Balaban J connectivity index is 1.43. The van der Waals surface area contributed by atoms with Gasteiger partial charge in [0.15, 0.2) is 0 Å². The topological polar surface area (TPSA) is 137 Å². The van der Waals surface area contributed by atoms with Crippen LogP contribution >= 0.6 is 0 Å². The molecular weight excluding hydrogens is 350 g/mol. The van der Waals surface area contributed by atoms with Gasteiger partial charge in [-0.2, -0.15) is 9.97 Å². The Hall–Kier alpha value is -3.56. The maximum Gasteiger partial charge on any atom is 0.329 e. The van der Waals surface area contributed by atoms with Gasteiger partial charge in [-0.1, -0.05) is 35.5 Å². The lowest BCUT2D eigenvalue weighted by Gasteiger charge is -2.30. The summed E-state index contributed by atoms with van der Waals surface area (Å²) in [6.45, 7) is 1.34. The number of nitrogen functional groups attached to an aromatic ring is 1. The van der Waals surface area contributed by atoms with Gasteiger partial charge in [-0.25, -0.2) is 4.98 Å². The predicted molar refractivity (Wildman–Crippen MR) is 97.0 cm³/mol. The van der Waals surface area contributed by atoms with E-state index in [4.69, 9.17) is 10.3 Å². The molecule has 0 spiro atoms. The predicted octanol–water partition coefficient (Wildman–Crippen LogP) is 2.40. The molecule has 1 aromatic carbocycles. The summed E-state index contributed by atoms with van der Waals surface area (Å²) in [5.74, 6) is 1.63. The van der Waals surface area contributed by atoms with Gasteiger partial charge in [-0.3, -0.25) is 10.1 Å². The normalized spacial score (nSPS) is 15.0. The van der Waals surface area contributed by atoms with Crippen LogP contribution in [-0.2, 0) is 0 Å². The van der Waals surface area contributed by atoms with Gasteiger partial charge in [0, 0.05) is 24.6 Å². The highest BCUT2D eigenvalue weighted by molar-refractivity contribution is 5.54. The van der Waals surface area contributed by atoms with Gasteiger partial charge in [0.1, 0.15) is 6.20 Å². The molecule has 0 radical (unpaired) electrons. The highest BCUT2D eigenvalue weighted by Crippen LogP contribution is 2.30. The zero-order valence-electron chi connectivity index (χ0n) is 14.4. The molecule has 1 aliphatic rings. The van der Waals surface area contributed by atoms with Gasteiger partial charge < -0.3 is 15.2 Å². The molecule has 1 saturated heterocycles. The number of rotatable bonds is 4. The summed E-state index contributed by atoms with van der Waals surface area (Å²) < 4.78 is 5.45. The second kappa shape index (κ2) is 6.98. The van der Waals surface area contributed by atoms with Crippen molar-refractivity contribution in [2.24, 2.45) is 0 Å². The number of nitrogens with two attached hydrogens (primary N) is 1. The molecule has 0 aliphatic carbocycles. The molecule has 4 rings (SSSR count). The van der Waals surface area contributed by atoms with Crippen molar-refractivity contribution in [3.05, 3.63) is 52.5 Å². The molecule has 2 N–H and O–H groups in total. The molecule has 0 amide bonds. The van der Waals surface area contributed by atoms with Crippen LogP contribution in [0, 0.1) is 10.1 Å². The summed E-state index contributed by atoms with van der Waals surface area (Å²) in [7, 11) is 0. The van der Waals surface area contributed by atoms with E-state index in [2.05, 4.69) is 20.1 Å². The number of nitrogens with zero attached hydrogens (tertiary/aromatic N) is 6. The van der Waals surface area contributed by atoms with Gasteiger partial charge in [0.2, 0.25) is 23.5 Å². The second-order valence-electron chi connectivity index (χ2n) is 6.28. The fraction of sp³-hybridized carbons (Fsp3) is 0.294. The van der Waals surface area contributed by atoms with Crippen LogP contribution < -0.4 is 10.6 Å². The third-order valence-corrected chi connectivity index (χ3v) is 4.58. The maximum absolute atomic E-state index is 10.8. The van der Waals surface area contributed by atoms with Crippen molar-refractivity contribution in [3.8, 4) is 11.4 Å². The minimum Gasteiger partial charge on any atom is -0.378 e. The van der Waals surface area contributed by atoms with E-state index in [0.29, 0.717) is 30.8 Å². The Kier molecular flexibility index (Phi) is 4.37. The largest absolute Gasteiger partial charge is 0.378 e. The van der Waals surface area contributed by atoms with Gasteiger partial charge in [0.05, 0.1) is 4.92 Å². The average molecular weight is 367 g/mol. The minimum absolute atomic E-state index is 0.128. The molecule has 27 heavy (non-hydrogen) atoms. The Bertz CT molecular complexity index is 952. The Labute approximate surface area is 154 Å². The van der Waals surface area contributed by atoms with Crippen molar-refractivity contribution in [3.63, 3.8) is 0 Å². The van der Waals surface area contributed by atoms with Gasteiger partial charge in [-0.05, 0) is 12.8 Å². The van der Waals surface area contributed by atoms with Crippen LogP contribution in [0.4, 0.5) is 17.5 Å². The minimum atomic E-state index is -0.592. The zero-order chi connectivity index (χ0) is 18.8. The average Bonchev–Trinajstić information content (AvgIpc) is 3.19. The number of nitro groups is 1. The molecule has 10 nitrogen and oxygen atoms in total. The van der Waals surface area contributed by atoms with Gasteiger partial charge >= 0.3 is 5.69 Å². The lowest BCUT2D eigenvalue weighted by atomic mass is 9.97. The molecule has 1 fully saturated rings. The van der Waals surface area contributed by atoms with E-state index in [1.807, 2.05) is 35.2 Å². The summed E-state index contributed by atoms with van der Waals surface area (Å²) in [6.07, 6.45) is 2.72. The molecular formula is C17H17N7O3. The summed E-state index contributed by atoms with van der Waals surface area (Å²) in [6, 6.07) is 9.67. The molecule has 138 valence electrons. The number of benzene rings is 1. The van der Waals surface area contributed by atoms with Crippen LogP contribution in [0.25, 0.3) is 11.4 Å². The standard InChI is InChI=1S/C17H17N7O3/c18-14-13(24(25)26)10-19-17(20-14)23-8-6-12(7-9-23)16-21-15(22-27-16)11-4-2-1-3-5-11/h1-5,10,12H,6-9H2,(H2,18,19,20). The Morgan fingerprint density at radius 2 is 1.93 bits per heavy atom. The number of aromatic nitrogens is 4. The number of anilines is 2. The summed E-state index contributed by atoms with van der Waals surface area (Å²) in [4.78, 5) is 24.8. The summed E-state index contributed by atoms with van der Waals surface area (Å²) in [5, 5.41) is 14.9. The van der Waals surface area contributed by atoms with E-state index >= 15 is 0 Å². The van der Waals surface area contributed by atoms with Gasteiger partial charge in [-0.15, -0.1) is 0 Å². The maximum atomic E-state index is 10.8. The van der Waals surface area contributed by atoms with E-state index < -0.39 is 4.92 Å². The Morgan fingerprint density at radius 3 is 2.59 bits per heavy atom. The second-order valence-corrected chi connectivity index (χ2v) is 6.28. The van der Waals surface area contributed by atoms with Crippen LogP contribution in [0.3, 0.4) is 0 Å². The first-order chi connectivity index (χ1) is 13.1. The summed E-state index contributed by atoms with van der Waals surface area (Å²) in [5.41, 5.74) is 6.28. The van der Waals surface area contributed by atoms with Crippen LogP contribution in [0.15, 0.2) is 41.1 Å². The van der Waals surface area contributed by atoms with Crippen molar-refractivity contribution < 1.29 is 9.45 Å². The van der Waals surface area contributed by atoms with E-state index in [9.17, 15) is 10.1 Å². The molecule has 1 aliphatic heterocycles. The molecule has 0 bridgehead atoms. The zero-order valence-corrected chi connectivity index (χ0v) is 14.4. The monoisotopic (exact) mass is 367 g/mol. The smallest absolute Gasteiger partial charge is 0.329 e. The fourth-order valence-corrected chi connectivity index (χ4v) is 3.10. The third-order valence-electron chi connectivity index (χ3n) is 4.58. The first-order valence-corrected chi connectivity index (χ1v) is 8.52. The van der Waals surface area contributed by atoms with Crippen LogP contribution in [0.5, 0.6) is 0 Å². The third kappa shape index (κ3) is 3.41. The van der Waals surface area contributed by atoms with Crippen molar-refractivity contribution >= 4 is 17.5 Å². The van der Waals surface area contributed by atoms with Gasteiger partial charge in [0.25, 0.3) is 0 Å². The summed E-state index contributed by atoms with van der Waals surface area (Å²) >= 11 is 0. The highest BCUT2D eigenvalue weighted by atomic mass is 16.6. The fourth-order valence-electron chi connectivity index (χ4n) is 3.10. The molecule has 0 atom stereocenters. The number of hydrogen-bond donors (Lipinski definition) is 1.